The highest BCUT2D eigenvalue weighted by molar-refractivity contribution is 7.16. The van der Waals surface area contributed by atoms with Crippen molar-refractivity contribution in [1.82, 2.24) is 9.97 Å². The summed E-state index contributed by atoms with van der Waals surface area (Å²) in [5, 5.41) is 6.05. The summed E-state index contributed by atoms with van der Waals surface area (Å²) in [4.78, 5) is 9.75. The third kappa shape index (κ3) is 2.88. The second-order valence-electron chi connectivity index (χ2n) is 3.91. The average Bonchev–Trinajstić information content (AvgIpc) is 2.78. The lowest BCUT2D eigenvalue weighted by molar-refractivity contribution is 0.0902. The molecule has 98 valence electrons. The summed E-state index contributed by atoms with van der Waals surface area (Å²) < 4.78 is 10.9. The van der Waals surface area contributed by atoms with Gasteiger partial charge in [-0.25, -0.2) is 4.98 Å². The zero-order valence-electron chi connectivity index (χ0n) is 10.8. The fourth-order valence-corrected chi connectivity index (χ4v) is 2.37. The molecular formula is C12H17N3O2S. The standard InChI is InChI=1S/C12H17N3O2S/c1-4-13-12-14-10(17-8(2)7-16-3)9-5-6-18-11(9)15-12/h5-6,8H,4,7H2,1-3H3,(H,13,14,15). The van der Waals surface area contributed by atoms with Gasteiger partial charge in [0.15, 0.2) is 0 Å². The Morgan fingerprint density at radius 1 is 1.44 bits per heavy atom. The quantitative estimate of drug-likeness (QED) is 0.871. The van der Waals surface area contributed by atoms with Gasteiger partial charge in [0, 0.05) is 13.7 Å². The van der Waals surface area contributed by atoms with Crippen molar-refractivity contribution in [1.29, 1.82) is 0 Å². The fourth-order valence-electron chi connectivity index (χ4n) is 1.61. The summed E-state index contributed by atoms with van der Waals surface area (Å²) >= 11 is 1.58. The maximum Gasteiger partial charge on any atom is 0.227 e. The molecule has 2 rings (SSSR count). The minimum absolute atomic E-state index is 0.0394. The highest BCUT2D eigenvalue weighted by Gasteiger charge is 2.12. The van der Waals surface area contributed by atoms with E-state index in [0.717, 1.165) is 16.8 Å². The predicted molar refractivity (Wildman–Crippen MR) is 73.5 cm³/mol. The molecule has 0 aliphatic carbocycles. The van der Waals surface area contributed by atoms with E-state index in [1.165, 1.54) is 0 Å². The number of ether oxygens (including phenoxy) is 2. The predicted octanol–water partition coefficient (Wildman–Crippen LogP) is 2.54. The highest BCUT2D eigenvalue weighted by Crippen LogP contribution is 2.28. The van der Waals surface area contributed by atoms with Crippen LogP contribution in [0.3, 0.4) is 0 Å². The Kier molecular flexibility index (Phi) is 4.33. The van der Waals surface area contributed by atoms with Crippen LogP contribution in [0.1, 0.15) is 13.8 Å². The van der Waals surface area contributed by atoms with Crippen molar-refractivity contribution in [2.75, 3.05) is 25.6 Å². The molecule has 6 heteroatoms. The molecule has 1 atom stereocenters. The number of nitrogens with zero attached hydrogens (tertiary/aromatic N) is 2. The molecule has 2 aromatic rings. The number of methoxy groups -OCH3 is 1. The van der Waals surface area contributed by atoms with Crippen molar-refractivity contribution in [2.45, 2.75) is 20.0 Å². The van der Waals surface area contributed by atoms with Gasteiger partial charge in [0.2, 0.25) is 11.8 Å². The van der Waals surface area contributed by atoms with Gasteiger partial charge in [-0.15, -0.1) is 11.3 Å². The molecule has 0 aliphatic rings. The number of hydrogen-bond acceptors (Lipinski definition) is 6. The topological polar surface area (TPSA) is 56.3 Å². The molecule has 0 aromatic carbocycles. The van der Waals surface area contributed by atoms with Crippen LogP contribution in [0.5, 0.6) is 5.88 Å². The molecule has 1 unspecified atom stereocenters. The monoisotopic (exact) mass is 267 g/mol. The van der Waals surface area contributed by atoms with Crippen molar-refractivity contribution in [3.8, 4) is 5.88 Å². The molecule has 0 radical (unpaired) electrons. The van der Waals surface area contributed by atoms with E-state index in [1.807, 2.05) is 25.3 Å². The highest BCUT2D eigenvalue weighted by atomic mass is 32.1. The SMILES string of the molecule is CCNc1nc(OC(C)COC)c2ccsc2n1. The van der Waals surface area contributed by atoms with Crippen LogP contribution < -0.4 is 10.1 Å². The van der Waals surface area contributed by atoms with Crippen LogP contribution in [0.4, 0.5) is 5.95 Å². The minimum Gasteiger partial charge on any atom is -0.472 e. The van der Waals surface area contributed by atoms with E-state index >= 15 is 0 Å². The van der Waals surface area contributed by atoms with Crippen LogP contribution in [-0.2, 0) is 4.74 Å². The Morgan fingerprint density at radius 3 is 3.00 bits per heavy atom. The van der Waals surface area contributed by atoms with Crippen molar-refractivity contribution in [3.63, 3.8) is 0 Å². The van der Waals surface area contributed by atoms with Crippen LogP contribution in [-0.4, -0.2) is 36.3 Å². The Bertz CT molecular complexity index is 515. The first-order valence-electron chi connectivity index (χ1n) is 5.89. The molecule has 0 fully saturated rings. The number of fused-ring (bicyclic) bond motifs is 1. The van der Waals surface area contributed by atoms with Crippen molar-refractivity contribution in [3.05, 3.63) is 11.4 Å². The summed E-state index contributed by atoms with van der Waals surface area (Å²) in [5.74, 6) is 1.22. The lowest BCUT2D eigenvalue weighted by Crippen LogP contribution is -2.19. The lowest BCUT2D eigenvalue weighted by atomic mass is 10.4. The van der Waals surface area contributed by atoms with Gasteiger partial charge >= 0.3 is 0 Å². The van der Waals surface area contributed by atoms with Crippen LogP contribution in [0.25, 0.3) is 10.2 Å². The van der Waals surface area contributed by atoms with Crippen LogP contribution >= 0.6 is 11.3 Å². The smallest absolute Gasteiger partial charge is 0.227 e. The molecule has 1 N–H and O–H groups in total. The molecule has 2 aromatic heterocycles. The number of aromatic nitrogens is 2. The van der Waals surface area contributed by atoms with E-state index in [-0.39, 0.29) is 6.10 Å². The maximum absolute atomic E-state index is 5.80. The van der Waals surface area contributed by atoms with Crippen molar-refractivity contribution in [2.24, 2.45) is 0 Å². The largest absolute Gasteiger partial charge is 0.472 e. The summed E-state index contributed by atoms with van der Waals surface area (Å²) in [7, 11) is 1.66. The number of nitrogens with one attached hydrogen (secondary N) is 1. The Morgan fingerprint density at radius 2 is 2.28 bits per heavy atom. The number of hydrogen-bond donors (Lipinski definition) is 1. The molecule has 0 aliphatic heterocycles. The zero-order valence-corrected chi connectivity index (χ0v) is 11.6. The van der Waals surface area contributed by atoms with Gasteiger partial charge in [-0.1, -0.05) is 0 Å². The summed E-state index contributed by atoms with van der Waals surface area (Å²) in [6.45, 7) is 5.28. The van der Waals surface area contributed by atoms with Crippen LogP contribution in [0.2, 0.25) is 0 Å². The van der Waals surface area contributed by atoms with Crippen LogP contribution in [0.15, 0.2) is 11.4 Å². The third-order valence-corrected chi connectivity index (χ3v) is 3.15. The Labute approximate surface area is 110 Å². The minimum atomic E-state index is -0.0394. The van der Waals surface area contributed by atoms with Gasteiger partial charge < -0.3 is 14.8 Å². The molecule has 18 heavy (non-hydrogen) atoms. The van der Waals surface area contributed by atoms with Crippen molar-refractivity contribution >= 4 is 27.5 Å². The first-order valence-corrected chi connectivity index (χ1v) is 6.77. The fraction of sp³-hybridized carbons (Fsp3) is 0.500. The van der Waals surface area contributed by atoms with Crippen molar-refractivity contribution < 1.29 is 9.47 Å². The van der Waals surface area contributed by atoms with Gasteiger partial charge in [0.25, 0.3) is 0 Å². The van der Waals surface area contributed by atoms with Crippen LogP contribution in [0, 0.1) is 0 Å². The lowest BCUT2D eigenvalue weighted by Gasteiger charge is -2.14. The third-order valence-electron chi connectivity index (χ3n) is 2.34. The number of rotatable bonds is 6. The normalized spacial score (nSPS) is 12.6. The Hall–Kier alpha value is -1.40. The van der Waals surface area contributed by atoms with Gasteiger partial charge in [-0.05, 0) is 25.3 Å². The van der Waals surface area contributed by atoms with E-state index in [4.69, 9.17) is 9.47 Å². The van der Waals surface area contributed by atoms with E-state index < -0.39 is 0 Å². The summed E-state index contributed by atoms with van der Waals surface area (Å²) in [5.41, 5.74) is 0. The molecule has 0 spiro atoms. The van der Waals surface area contributed by atoms with Gasteiger partial charge in [-0.2, -0.15) is 4.98 Å². The van der Waals surface area contributed by atoms with E-state index in [9.17, 15) is 0 Å². The number of thiophene rings is 1. The van der Waals surface area contributed by atoms with Gasteiger partial charge in [0.1, 0.15) is 10.9 Å². The zero-order chi connectivity index (χ0) is 13.0. The van der Waals surface area contributed by atoms with E-state index in [2.05, 4.69) is 15.3 Å². The first-order chi connectivity index (χ1) is 8.74. The summed E-state index contributed by atoms with van der Waals surface area (Å²) in [6.07, 6.45) is -0.0394. The molecule has 2 heterocycles. The summed E-state index contributed by atoms with van der Waals surface area (Å²) in [6, 6.07) is 1.98. The first kappa shape index (κ1) is 13.0. The molecule has 0 saturated heterocycles. The molecule has 0 bridgehead atoms. The molecule has 5 nitrogen and oxygen atoms in total. The molecule has 0 amide bonds. The van der Waals surface area contributed by atoms with Gasteiger partial charge in [0.05, 0.1) is 12.0 Å². The molecule has 0 saturated carbocycles. The van der Waals surface area contributed by atoms with E-state index in [0.29, 0.717) is 18.4 Å². The maximum atomic E-state index is 5.80. The van der Waals surface area contributed by atoms with E-state index in [1.54, 1.807) is 18.4 Å². The number of anilines is 1. The second-order valence-corrected chi connectivity index (χ2v) is 4.80. The second kappa shape index (κ2) is 5.97. The van der Waals surface area contributed by atoms with Gasteiger partial charge in [-0.3, -0.25) is 0 Å². The average molecular weight is 267 g/mol. The Balaban J connectivity index is 2.31. The molecular weight excluding hydrogens is 250 g/mol.